The third-order valence-electron chi connectivity index (χ3n) is 2.07. The number of hydrogen-bond donors (Lipinski definition) is 2. The number of rotatable bonds is 4. The van der Waals surface area contributed by atoms with Gasteiger partial charge < -0.3 is 10.4 Å². The lowest BCUT2D eigenvalue weighted by molar-refractivity contribution is 0.0696. The van der Waals surface area contributed by atoms with Crippen molar-refractivity contribution in [1.29, 1.82) is 0 Å². The van der Waals surface area contributed by atoms with Crippen LogP contribution < -0.4 is 5.32 Å². The average molecular weight is 313 g/mol. The molecule has 2 N–H and O–H groups in total. The van der Waals surface area contributed by atoms with Crippen molar-refractivity contribution in [1.82, 2.24) is 4.98 Å². The number of carboxylic acid groups (broad SMARTS) is 1. The summed E-state index contributed by atoms with van der Waals surface area (Å²) in [5, 5.41) is 13.8. The quantitative estimate of drug-likeness (QED) is 0.910. The van der Waals surface area contributed by atoms with E-state index >= 15 is 0 Å². The van der Waals surface area contributed by atoms with Gasteiger partial charge in [-0.05, 0) is 28.1 Å². The maximum atomic E-state index is 10.7. The zero-order valence-electron chi connectivity index (χ0n) is 8.68. The number of nitrogens with one attached hydrogen (secondary N) is 1. The lowest BCUT2D eigenvalue weighted by Gasteiger charge is -2.05. The average Bonchev–Trinajstić information content (AvgIpc) is 2.77. The summed E-state index contributed by atoms with van der Waals surface area (Å²) in [5.74, 6) is -0.984. The van der Waals surface area contributed by atoms with Crippen molar-refractivity contribution >= 4 is 38.9 Å². The first-order valence-corrected chi connectivity index (χ1v) is 6.50. The maximum absolute atomic E-state index is 10.7. The standard InChI is InChI=1S/C11H9BrN2O2S/c12-8-3-1-2-4-9(8)13-5-7-6-17-10(14-7)11(15)16/h1-4,6,13H,5H2,(H,15,16). The Morgan fingerprint density at radius 1 is 1.47 bits per heavy atom. The van der Waals surface area contributed by atoms with Crippen LogP contribution in [-0.4, -0.2) is 16.1 Å². The van der Waals surface area contributed by atoms with Crippen LogP contribution in [0.15, 0.2) is 34.1 Å². The molecule has 4 nitrogen and oxygen atoms in total. The zero-order valence-corrected chi connectivity index (χ0v) is 11.1. The molecule has 0 amide bonds. The lowest BCUT2D eigenvalue weighted by Crippen LogP contribution is -2.01. The number of aromatic nitrogens is 1. The lowest BCUT2D eigenvalue weighted by atomic mass is 10.3. The summed E-state index contributed by atoms with van der Waals surface area (Å²) in [7, 11) is 0. The molecule has 0 bridgehead atoms. The molecule has 1 aromatic heterocycles. The molecule has 0 fully saturated rings. The Morgan fingerprint density at radius 3 is 2.88 bits per heavy atom. The van der Waals surface area contributed by atoms with Crippen molar-refractivity contribution in [3.05, 3.63) is 44.8 Å². The summed E-state index contributed by atoms with van der Waals surface area (Å²) in [6, 6.07) is 7.73. The fourth-order valence-electron chi connectivity index (χ4n) is 1.28. The molecule has 2 aromatic rings. The number of carboxylic acids is 1. The number of para-hydroxylation sites is 1. The third kappa shape index (κ3) is 3.04. The molecule has 0 aliphatic carbocycles. The van der Waals surface area contributed by atoms with E-state index in [0.717, 1.165) is 27.2 Å². The van der Waals surface area contributed by atoms with Crippen LogP contribution in [0.2, 0.25) is 0 Å². The van der Waals surface area contributed by atoms with E-state index in [2.05, 4.69) is 26.2 Å². The molecule has 0 atom stereocenters. The minimum atomic E-state index is -0.984. The van der Waals surface area contributed by atoms with Crippen molar-refractivity contribution in [3.63, 3.8) is 0 Å². The first-order chi connectivity index (χ1) is 8.16. The number of benzene rings is 1. The van der Waals surface area contributed by atoms with Crippen LogP contribution >= 0.6 is 27.3 Å². The molecule has 0 saturated carbocycles. The highest BCUT2D eigenvalue weighted by Crippen LogP contribution is 2.22. The van der Waals surface area contributed by atoms with Gasteiger partial charge in [0.2, 0.25) is 5.01 Å². The van der Waals surface area contributed by atoms with Crippen molar-refractivity contribution in [2.45, 2.75) is 6.54 Å². The Balaban J connectivity index is 2.02. The number of thiazole rings is 1. The predicted molar refractivity (Wildman–Crippen MR) is 70.5 cm³/mol. The number of nitrogens with zero attached hydrogens (tertiary/aromatic N) is 1. The Bertz CT molecular complexity index is 542. The molecule has 88 valence electrons. The molecule has 1 heterocycles. The highest BCUT2D eigenvalue weighted by molar-refractivity contribution is 9.10. The molecule has 0 saturated heterocycles. The number of carbonyl (C=O) groups is 1. The molecular formula is C11H9BrN2O2S. The van der Waals surface area contributed by atoms with Gasteiger partial charge >= 0.3 is 5.97 Å². The molecule has 2 rings (SSSR count). The second-order valence-corrected chi connectivity index (χ2v) is 4.99. The first-order valence-electron chi connectivity index (χ1n) is 4.83. The largest absolute Gasteiger partial charge is 0.476 e. The summed E-state index contributed by atoms with van der Waals surface area (Å²) >= 11 is 4.56. The Labute approximate surface area is 110 Å². The van der Waals surface area contributed by atoms with Crippen molar-refractivity contribution in [2.75, 3.05) is 5.32 Å². The van der Waals surface area contributed by atoms with E-state index < -0.39 is 5.97 Å². The molecule has 0 aliphatic heterocycles. The molecule has 17 heavy (non-hydrogen) atoms. The normalized spacial score (nSPS) is 10.2. The van der Waals surface area contributed by atoms with E-state index in [1.165, 1.54) is 0 Å². The number of aromatic carboxylic acids is 1. The molecule has 0 radical (unpaired) electrons. The smallest absolute Gasteiger partial charge is 0.365 e. The maximum Gasteiger partial charge on any atom is 0.365 e. The van der Waals surface area contributed by atoms with E-state index in [1.807, 2.05) is 24.3 Å². The molecular weight excluding hydrogens is 304 g/mol. The van der Waals surface area contributed by atoms with E-state index in [0.29, 0.717) is 6.54 Å². The number of halogens is 1. The first kappa shape index (κ1) is 12.1. The van der Waals surface area contributed by atoms with Crippen LogP contribution in [0.25, 0.3) is 0 Å². The van der Waals surface area contributed by atoms with Gasteiger partial charge in [0, 0.05) is 15.5 Å². The summed E-state index contributed by atoms with van der Waals surface area (Å²) in [4.78, 5) is 14.7. The van der Waals surface area contributed by atoms with Crippen LogP contribution in [0, 0.1) is 0 Å². The highest BCUT2D eigenvalue weighted by atomic mass is 79.9. The Kier molecular flexibility index (Phi) is 3.75. The monoisotopic (exact) mass is 312 g/mol. The van der Waals surface area contributed by atoms with E-state index in [1.54, 1.807) is 5.38 Å². The van der Waals surface area contributed by atoms with Gasteiger partial charge in [-0.2, -0.15) is 0 Å². The van der Waals surface area contributed by atoms with Crippen LogP contribution in [0.5, 0.6) is 0 Å². The van der Waals surface area contributed by atoms with Crippen molar-refractivity contribution < 1.29 is 9.90 Å². The number of anilines is 1. The summed E-state index contributed by atoms with van der Waals surface area (Å²) < 4.78 is 0.966. The fourth-order valence-corrected chi connectivity index (χ4v) is 2.36. The summed E-state index contributed by atoms with van der Waals surface area (Å²) in [6.45, 7) is 0.506. The van der Waals surface area contributed by atoms with Crippen LogP contribution in [-0.2, 0) is 6.54 Å². The minimum Gasteiger partial charge on any atom is -0.476 e. The minimum absolute atomic E-state index is 0.119. The third-order valence-corrected chi connectivity index (χ3v) is 3.64. The van der Waals surface area contributed by atoms with Crippen molar-refractivity contribution in [2.24, 2.45) is 0 Å². The van der Waals surface area contributed by atoms with Gasteiger partial charge in [-0.25, -0.2) is 9.78 Å². The van der Waals surface area contributed by atoms with Gasteiger partial charge in [-0.15, -0.1) is 11.3 Å². The Morgan fingerprint density at radius 2 is 2.24 bits per heavy atom. The molecule has 1 aromatic carbocycles. The molecule has 0 unspecified atom stereocenters. The predicted octanol–water partition coefficient (Wildman–Crippen LogP) is 3.22. The van der Waals surface area contributed by atoms with Gasteiger partial charge in [0.05, 0.1) is 12.2 Å². The van der Waals surface area contributed by atoms with E-state index in [9.17, 15) is 4.79 Å². The van der Waals surface area contributed by atoms with Gasteiger partial charge in [0.15, 0.2) is 0 Å². The van der Waals surface area contributed by atoms with Crippen LogP contribution in [0.3, 0.4) is 0 Å². The molecule has 6 heteroatoms. The van der Waals surface area contributed by atoms with Crippen LogP contribution in [0.1, 0.15) is 15.5 Å². The topological polar surface area (TPSA) is 62.2 Å². The van der Waals surface area contributed by atoms with E-state index in [-0.39, 0.29) is 5.01 Å². The number of hydrogen-bond acceptors (Lipinski definition) is 4. The second kappa shape index (κ2) is 5.29. The Hall–Kier alpha value is -1.40. The van der Waals surface area contributed by atoms with Crippen molar-refractivity contribution in [3.8, 4) is 0 Å². The van der Waals surface area contributed by atoms with Crippen LogP contribution in [0.4, 0.5) is 5.69 Å². The second-order valence-electron chi connectivity index (χ2n) is 3.28. The van der Waals surface area contributed by atoms with Gasteiger partial charge in [-0.3, -0.25) is 0 Å². The highest BCUT2D eigenvalue weighted by Gasteiger charge is 2.08. The van der Waals surface area contributed by atoms with Gasteiger partial charge in [0.1, 0.15) is 0 Å². The summed E-state index contributed by atoms with van der Waals surface area (Å²) in [5.41, 5.74) is 1.68. The van der Waals surface area contributed by atoms with E-state index in [4.69, 9.17) is 5.11 Å². The molecule has 0 spiro atoms. The zero-order chi connectivity index (χ0) is 12.3. The van der Waals surface area contributed by atoms with Gasteiger partial charge in [-0.1, -0.05) is 12.1 Å². The fraction of sp³-hybridized carbons (Fsp3) is 0.0909. The summed E-state index contributed by atoms with van der Waals surface area (Å²) in [6.07, 6.45) is 0. The SMILES string of the molecule is O=C(O)c1nc(CNc2ccccc2Br)cs1. The molecule has 0 aliphatic rings. The van der Waals surface area contributed by atoms with Gasteiger partial charge in [0.25, 0.3) is 0 Å².